The first-order valence-electron chi connectivity index (χ1n) is 5.52. The van der Waals surface area contributed by atoms with Gasteiger partial charge in [0.2, 0.25) is 0 Å². The molecule has 1 atom stereocenters. The van der Waals surface area contributed by atoms with Crippen molar-refractivity contribution in [3.05, 3.63) is 0 Å². The van der Waals surface area contributed by atoms with Crippen molar-refractivity contribution < 1.29 is 20.0 Å². The topological polar surface area (TPSA) is 63.2 Å². The van der Waals surface area contributed by atoms with E-state index in [0.717, 1.165) is 12.8 Å². The Morgan fingerprint density at radius 1 is 1.47 bits per heavy atom. The fraction of sp³-hybridized carbons (Fsp3) is 0.909. The summed E-state index contributed by atoms with van der Waals surface area (Å²) in [4.78, 5) is 11.2. The first kappa shape index (κ1) is 14.4. The standard InChI is InChI=1S/C11H23NO3/c1-5-6-7-15-11(3,4)8-14-10(13)9(2)12/h9H,5-8,12H2,1-4H3/p+1/t9-/m0/s1. The van der Waals surface area contributed by atoms with Crippen LogP contribution in [0.25, 0.3) is 0 Å². The Hall–Kier alpha value is -0.610. The van der Waals surface area contributed by atoms with Gasteiger partial charge < -0.3 is 15.2 Å². The third-order valence-electron chi connectivity index (χ3n) is 1.96. The largest absolute Gasteiger partial charge is 0.458 e. The van der Waals surface area contributed by atoms with Crippen molar-refractivity contribution in [2.45, 2.75) is 52.2 Å². The van der Waals surface area contributed by atoms with Gasteiger partial charge in [0.15, 0.2) is 6.04 Å². The summed E-state index contributed by atoms with van der Waals surface area (Å²) in [5.41, 5.74) is 3.20. The van der Waals surface area contributed by atoms with Crippen molar-refractivity contribution in [1.29, 1.82) is 0 Å². The van der Waals surface area contributed by atoms with Gasteiger partial charge in [-0.15, -0.1) is 0 Å². The number of hydrogen-bond donors (Lipinski definition) is 1. The van der Waals surface area contributed by atoms with E-state index in [2.05, 4.69) is 12.7 Å². The Balaban J connectivity index is 3.77. The van der Waals surface area contributed by atoms with E-state index in [4.69, 9.17) is 9.47 Å². The number of carbonyl (C=O) groups is 1. The number of carbonyl (C=O) groups excluding carboxylic acids is 1. The highest BCUT2D eigenvalue weighted by Crippen LogP contribution is 2.10. The fourth-order valence-corrected chi connectivity index (χ4v) is 0.922. The average Bonchev–Trinajstić information content (AvgIpc) is 2.14. The summed E-state index contributed by atoms with van der Waals surface area (Å²) >= 11 is 0. The second-order valence-electron chi connectivity index (χ2n) is 4.47. The number of hydrogen-bond acceptors (Lipinski definition) is 3. The van der Waals surface area contributed by atoms with Crippen molar-refractivity contribution in [2.24, 2.45) is 0 Å². The molecule has 0 aliphatic heterocycles. The molecule has 0 bridgehead atoms. The molecular weight excluding hydrogens is 194 g/mol. The molecule has 0 amide bonds. The molecule has 90 valence electrons. The zero-order valence-electron chi connectivity index (χ0n) is 10.3. The Morgan fingerprint density at radius 3 is 2.53 bits per heavy atom. The van der Waals surface area contributed by atoms with E-state index in [1.807, 2.05) is 13.8 Å². The van der Waals surface area contributed by atoms with Gasteiger partial charge in [0.1, 0.15) is 6.61 Å². The summed E-state index contributed by atoms with van der Waals surface area (Å²) in [5, 5.41) is 0. The van der Waals surface area contributed by atoms with E-state index in [1.165, 1.54) is 0 Å². The van der Waals surface area contributed by atoms with Gasteiger partial charge in [-0.2, -0.15) is 0 Å². The Labute approximate surface area is 92.1 Å². The van der Waals surface area contributed by atoms with Gasteiger partial charge in [0.25, 0.3) is 0 Å². The minimum Gasteiger partial charge on any atom is -0.458 e. The first-order valence-corrected chi connectivity index (χ1v) is 5.52. The third kappa shape index (κ3) is 7.33. The molecule has 15 heavy (non-hydrogen) atoms. The van der Waals surface area contributed by atoms with Crippen LogP contribution in [0.1, 0.15) is 40.5 Å². The Bertz CT molecular complexity index is 190. The molecule has 0 aliphatic carbocycles. The normalized spacial score (nSPS) is 13.7. The third-order valence-corrected chi connectivity index (χ3v) is 1.96. The Morgan fingerprint density at radius 2 is 2.07 bits per heavy atom. The maximum Gasteiger partial charge on any atom is 0.364 e. The van der Waals surface area contributed by atoms with Crippen molar-refractivity contribution in [1.82, 2.24) is 0 Å². The summed E-state index contributed by atoms with van der Waals surface area (Å²) in [6.07, 6.45) is 2.13. The van der Waals surface area contributed by atoms with Crippen LogP contribution in [-0.2, 0) is 14.3 Å². The number of unbranched alkanes of at least 4 members (excludes halogenated alkanes) is 1. The lowest BCUT2D eigenvalue weighted by Crippen LogP contribution is -2.63. The summed E-state index contributed by atoms with van der Waals surface area (Å²) in [7, 11) is 0. The van der Waals surface area contributed by atoms with Crippen LogP contribution in [0.5, 0.6) is 0 Å². The average molecular weight is 218 g/mol. The molecule has 0 saturated carbocycles. The molecule has 3 N–H and O–H groups in total. The minimum absolute atomic E-state index is 0.276. The summed E-state index contributed by atoms with van der Waals surface area (Å²) in [5.74, 6) is -0.276. The lowest BCUT2D eigenvalue weighted by atomic mass is 10.1. The molecule has 0 heterocycles. The SMILES string of the molecule is CCCCOC(C)(C)COC(=O)[C@H](C)[NH3+]. The highest BCUT2D eigenvalue weighted by Gasteiger charge is 2.22. The zero-order chi connectivity index (χ0) is 11.9. The van der Waals surface area contributed by atoms with Crippen LogP contribution in [0.15, 0.2) is 0 Å². The van der Waals surface area contributed by atoms with E-state index in [0.29, 0.717) is 6.61 Å². The highest BCUT2D eigenvalue weighted by atomic mass is 16.6. The van der Waals surface area contributed by atoms with Crippen LogP contribution in [0.4, 0.5) is 0 Å². The molecule has 0 aromatic heterocycles. The number of rotatable bonds is 7. The zero-order valence-corrected chi connectivity index (χ0v) is 10.3. The predicted molar refractivity (Wildman–Crippen MR) is 58.2 cm³/mol. The summed E-state index contributed by atoms with van der Waals surface area (Å²) < 4.78 is 10.7. The number of ether oxygens (including phenoxy) is 2. The van der Waals surface area contributed by atoms with Crippen LogP contribution >= 0.6 is 0 Å². The maximum atomic E-state index is 11.2. The molecular formula is C11H24NO3+. The quantitative estimate of drug-likeness (QED) is 0.507. The molecule has 0 rings (SSSR count). The van der Waals surface area contributed by atoms with Crippen molar-refractivity contribution in [2.75, 3.05) is 13.2 Å². The van der Waals surface area contributed by atoms with E-state index in [1.54, 1.807) is 6.92 Å². The molecule has 0 aromatic carbocycles. The molecule has 0 aliphatic rings. The molecule has 0 aromatic rings. The Kier molecular flexibility index (Phi) is 6.52. The van der Waals surface area contributed by atoms with Crippen molar-refractivity contribution >= 4 is 5.97 Å². The molecule has 4 heteroatoms. The van der Waals surface area contributed by atoms with E-state index >= 15 is 0 Å². The molecule has 0 fully saturated rings. The highest BCUT2D eigenvalue weighted by molar-refractivity contribution is 5.73. The summed E-state index contributed by atoms with van der Waals surface area (Å²) in [6, 6.07) is -0.323. The predicted octanol–water partition coefficient (Wildman–Crippen LogP) is 0.755. The maximum absolute atomic E-state index is 11.2. The molecule has 0 radical (unpaired) electrons. The van der Waals surface area contributed by atoms with Gasteiger partial charge in [-0.05, 0) is 27.2 Å². The fourth-order valence-electron chi connectivity index (χ4n) is 0.922. The van der Waals surface area contributed by atoms with E-state index in [9.17, 15) is 4.79 Å². The van der Waals surface area contributed by atoms with Gasteiger partial charge in [-0.1, -0.05) is 13.3 Å². The van der Waals surface area contributed by atoms with Crippen LogP contribution < -0.4 is 5.73 Å². The summed E-state index contributed by atoms with van der Waals surface area (Å²) in [6.45, 7) is 8.66. The molecule has 0 spiro atoms. The van der Waals surface area contributed by atoms with Crippen molar-refractivity contribution in [3.8, 4) is 0 Å². The van der Waals surface area contributed by atoms with Gasteiger partial charge in [0.05, 0.1) is 5.60 Å². The number of quaternary nitrogens is 1. The first-order chi connectivity index (χ1) is 6.89. The van der Waals surface area contributed by atoms with Crippen LogP contribution in [0, 0.1) is 0 Å². The van der Waals surface area contributed by atoms with Crippen LogP contribution in [-0.4, -0.2) is 30.8 Å². The molecule has 0 saturated heterocycles. The minimum atomic E-state index is -0.403. The van der Waals surface area contributed by atoms with E-state index in [-0.39, 0.29) is 18.6 Å². The molecule has 4 nitrogen and oxygen atoms in total. The smallest absolute Gasteiger partial charge is 0.364 e. The van der Waals surface area contributed by atoms with Gasteiger partial charge >= 0.3 is 5.97 Å². The second kappa shape index (κ2) is 6.80. The van der Waals surface area contributed by atoms with E-state index < -0.39 is 5.60 Å². The molecule has 0 unspecified atom stereocenters. The van der Waals surface area contributed by atoms with Crippen LogP contribution in [0.3, 0.4) is 0 Å². The van der Waals surface area contributed by atoms with Gasteiger partial charge in [0, 0.05) is 6.61 Å². The second-order valence-corrected chi connectivity index (χ2v) is 4.47. The lowest BCUT2D eigenvalue weighted by molar-refractivity contribution is -0.403. The lowest BCUT2D eigenvalue weighted by Gasteiger charge is -2.24. The number of esters is 1. The van der Waals surface area contributed by atoms with Gasteiger partial charge in [-0.25, -0.2) is 4.79 Å². The van der Waals surface area contributed by atoms with Gasteiger partial charge in [-0.3, -0.25) is 0 Å². The van der Waals surface area contributed by atoms with Crippen LogP contribution in [0.2, 0.25) is 0 Å². The monoisotopic (exact) mass is 218 g/mol. The van der Waals surface area contributed by atoms with Crippen molar-refractivity contribution in [3.63, 3.8) is 0 Å².